The van der Waals surface area contributed by atoms with E-state index in [0.717, 1.165) is 19.4 Å². The fraction of sp³-hybridized carbons (Fsp3) is 0.462. The highest BCUT2D eigenvalue weighted by atomic mass is 32.2. The molecule has 22 heavy (non-hydrogen) atoms. The molecule has 0 spiro atoms. The van der Waals surface area contributed by atoms with Crippen LogP contribution >= 0.6 is 0 Å². The molecule has 0 unspecified atom stereocenters. The molecule has 0 amide bonds. The molecule has 2 aromatic heterocycles. The van der Waals surface area contributed by atoms with Gasteiger partial charge >= 0.3 is 0 Å². The van der Waals surface area contributed by atoms with Crippen LogP contribution in [0.2, 0.25) is 0 Å². The number of aryl methyl sites for hydroxylation is 2. The average Bonchev–Trinajstić information content (AvgIpc) is 2.81. The van der Waals surface area contributed by atoms with E-state index in [4.69, 9.17) is 0 Å². The van der Waals surface area contributed by atoms with Crippen LogP contribution in [0.15, 0.2) is 17.0 Å². The number of rotatable bonds is 7. The Morgan fingerprint density at radius 2 is 1.86 bits per heavy atom. The quantitative estimate of drug-likeness (QED) is 0.670. The van der Waals surface area contributed by atoms with E-state index in [1.165, 1.54) is 0 Å². The standard InChI is InChI=1S/C13H20N6O2S/c1-4-5-8-14-11-6-7-12(18-17-11)19-22(20,21)13-9(2)15-16-10(13)3/h6-7H,4-5,8H2,1-3H3,(H,14,17)(H,15,16)(H,18,19). The van der Waals surface area contributed by atoms with Crippen LogP contribution in [0, 0.1) is 13.8 Å². The highest BCUT2D eigenvalue weighted by Gasteiger charge is 2.22. The van der Waals surface area contributed by atoms with Gasteiger partial charge in [-0.25, -0.2) is 8.42 Å². The number of H-pyrrole nitrogens is 1. The molecule has 0 aromatic carbocycles. The van der Waals surface area contributed by atoms with E-state index in [1.807, 2.05) is 0 Å². The number of nitrogens with one attached hydrogen (secondary N) is 3. The summed E-state index contributed by atoms with van der Waals surface area (Å²) in [6, 6.07) is 3.26. The van der Waals surface area contributed by atoms with Crippen molar-refractivity contribution >= 4 is 21.7 Å². The normalized spacial score (nSPS) is 11.4. The molecule has 8 nitrogen and oxygen atoms in total. The van der Waals surface area contributed by atoms with Gasteiger partial charge in [0.25, 0.3) is 10.0 Å². The molecular weight excluding hydrogens is 304 g/mol. The number of aromatic amines is 1. The minimum Gasteiger partial charge on any atom is -0.369 e. The number of aromatic nitrogens is 4. The zero-order valence-electron chi connectivity index (χ0n) is 12.8. The van der Waals surface area contributed by atoms with Gasteiger partial charge in [-0.2, -0.15) is 5.10 Å². The molecule has 0 bridgehead atoms. The molecule has 2 aromatic rings. The second-order valence-corrected chi connectivity index (χ2v) is 6.57. The van der Waals surface area contributed by atoms with Crippen molar-refractivity contribution in [3.05, 3.63) is 23.5 Å². The maximum atomic E-state index is 12.3. The Morgan fingerprint density at radius 3 is 2.41 bits per heavy atom. The molecule has 0 aliphatic rings. The molecule has 9 heteroatoms. The summed E-state index contributed by atoms with van der Waals surface area (Å²) >= 11 is 0. The van der Waals surface area contributed by atoms with Gasteiger partial charge in [0.05, 0.1) is 11.4 Å². The smallest absolute Gasteiger partial charge is 0.266 e. The van der Waals surface area contributed by atoms with Gasteiger partial charge in [0.2, 0.25) is 0 Å². The predicted octanol–water partition coefficient (Wildman–Crippen LogP) is 1.83. The zero-order chi connectivity index (χ0) is 16.2. The van der Waals surface area contributed by atoms with Gasteiger partial charge in [-0.3, -0.25) is 9.82 Å². The lowest BCUT2D eigenvalue weighted by atomic mass is 10.3. The lowest BCUT2D eigenvalue weighted by molar-refractivity contribution is 0.600. The summed E-state index contributed by atoms with van der Waals surface area (Å²) in [5.74, 6) is 0.785. The molecule has 0 saturated carbocycles. The van der Waals surface area contributed by atoms with Crippen molar-refractivity contribution in [2.45, 2.75) is 38.5 Å². The monoisotopic (exact) mass is 324 g/mol. The van der Waals surface area contributed by atoms with E-state index in [-0.39, 0.29) is 10.7 Å². The van der Waals surface area contributed by atoms with Crippen LogP contribution < -0.4 is 10.0 Å². The molecule has 0 aliphatic heterocycles. The molecule has 2 rings (SSSR count). The number of unbranched alkanes of at least 4 members (excludes halogenated alkanes) is 1. The lowest BCUT2D eigenvalue weighted by Crippen LogP contribution is -2.16. The first-order valence-corrected chi connectivity index (χ1v) is 8.54. The summed E-state index contributed by atoms with van der Waals surface area (Å²) in [7, 11) is -3.73. The molecule has 2 heterocycles. The molecule has 3 N–H and O–H groups in total. The van der Waals surface area contributed by atoms with Crippen molar-refractivity contribution in [1.29, 1.82) is 0 Å². The fourth-order valence-electron chi connectivity index (χ4n) is 2.00. The number of hydrogen-bond donors (Lipinski definition) is 3. The van der Waals surface area contributed by atoms with Gasteiger partial charge in [0.1, 0.15) is 10.7 Å². The summed E-state index contributed by atoms with van der Waals surface area (Å²) in [5, 5.41) is 17.5. The van der Waals surface area contributed by atoms with Crippen molar-refractivity contribution in [1.82, 2.24) is 20.4 Å². The first-order chi connectivity index (χ1) is 10.4. The fourth-order valence-corrected chi connectivity index (χ4v) is 3.37. The number of nitrogens with zero attached hydrogens (tertiary/aromatic N) is 3. The maximum absolute atomic E-state index is 12.3. The van der Waals surface area contributed by atoms with Crippen LogP contribution in [0.5, 0.6) is 0 Å². The second-order valence-electron chi connectivity index (χ2n) is 4.95. The van der Waals surface area contributed by atoms with Crippen LogP contribution in [-0.4, -0.2) is 35.4 Å². The van der Waals surface area contributed by atoms with Crippen molar-refractivity contribution in [2.24, 2.45) is 0 Å². The molecule has 120 valence electrons. The Hall–Kier alpha value is -2.16. The third-order valence-electron chi connectivity index (χ3n) is 3.07. The van der Waals surface area contributed by atoms with Crippen LogP contribution in [0.3, 0.4) is 0 Å². The third kappa shape index (κ3) is 3.73. The summed E-state index contributed by atoms with van der Waals surface area (Å²) in [6.45, 7) is 6.19. The van der Waals surface area contributed by atoms with Crippen LogP contribution in [0.25, 0.3) is 0 Å². The Bertz CT molecular complexity index is 704. The highest BCUT2D eigenvalue weighted by molar-refractivity contribution is 7.92. The summed E-state index contributed by atoms with van der Waals surface area (Å²) < 4.78 is 27.1. The SMILES string of the molecule is CCCCNc1ccc(NS(=O)(=O)c2c(C)n[nH]c2C)nn1. The Labute approximate surface area is 129 Å². The Kier molecular flexibility index (Phi) is 4.96. The first-order valence-electron chi connectivity index (χ1n) is 7.06. The molecule has 0 atom stereocenters. The second kappa shape index (κ2) is 6.73. The van der Waals surface area contributed by atoms with Gasteiger partial charge in [-0.15, -0.1) is 10.2 Å². The van der Waals surface area contributed by atoms with E-state index < -0.39 is 10.0 Å². The Balaban J connectivity index is 2.10. The van der Waals surface area contributed by atoms with Crippen LogP contribution in [0.1, 0.15) is 31.2 Å². The summed E-state index contributed by atoms with van der Waals surface area (Å²) in [4.78, 5) is 0.138. The summed E-state index contributed by atoms with van der Waals surface area (Å²) in [6.07, 6.45) is 2.12. The van der Waals surface area contributed by atoms with Crippen molar-refractivity contribution in [3.63, 3.8) is 0 Å². The summed E-state index contributed by atoms with van der Waals surface area (Å²) in [5.41, 5.74) is 0.895. The number of sulfonamides is 1. The van der Waals surface area contributed by atoms with E-state index in [1.54, 1.807) is 26.0 Å². The highest BCUT2D eigenvalue weighted by Crippen LogP contribution is 2.19. The number of anilines is 2. The maximum Gasteiger partial charge on any atom is 0.266 e. The predicted molar refractivity (Wildman–Crippen MR) is 84.3 cm³/mol. The van der Waals surface area contributed by atoms with Gasteiger partial charge in [-0.05, 0) is 32.4 Å². The van der Waals surface area contributed by atoms with E-state index in [2.05, 4.69) is 37.4 Å². The first kappa shape index (κ1) is 16.2. The van der Waals surface area contributed by atoms with E-state index >= 15 is 0 Å². The zero-order valence-corrected chi connectivity index (χ0v) is 13.7. The van der Waals surface area contributed by atoms with Crippen LogP contribution in [-0.2, 0) is 10.0 Å². The topological polar surface area (TPSA) is 113 Å². The van der Waals surface area contributed by atoms with Gasteiger partial charge < -0.3 is 5.32 Å². The third-order valence-corrected chi connectivity index (χ3v) is 4.69. The minimum absolute atomic E-state index is 0.138. The van der Waals surface area contributed by atoms with Gasteiger partial charge in [-0.1, -0.05) is 13.3 Å². The van der Waals surface area contributed by atoms with E-state index in [9.17, 15) is 8.42 Å². The van der Waals surface area contributed by atoms with Crippen LogP contribution in [0.4, 0.5) is 11.6 Å². The average molecular weight is 324 g/mol. The van der Waals surface area contributed by atoms with Crippen molar-refractivity contribution < 1.29 is 8.42 Å². The van der Waals surface area contributed by atoms with Gasteiger partial charge in [0, 0.05) is 6.54 Å². The van der Waals surface area contributed by atoms with Crippen molar-refractivity contribution in [3.8, 4) is 0 Å². The van der Waals surface area contributed by atoms with Crippen molar-refractivity contribution in [2.75, 3.05) is 16.6 Å². The lowest BCUT2D eigenvalue weighted by Gasteiger charge is -2.08. The molecule has 0 fully saturated rings. The van der Waals surface area contributed by atoms with Gasteiger partial charge in [0.15, 0.2) is 5.82 Å². The molecule has 0 saturated heterocycles. The molecule has 0 aliphatic carbocycles. The molecular formula is C13H20N6O2S. The Morgan fingerprint density at radius 1 is 1.18 bits per heavy atom. The van der Waals surface area contributed by atoms with E-state index in [0.29, 0.717) is 17.2 Å². The largest absolute Gasteiger partial charge is 0.369 e. The minimum atomic E-state index is -3.73. The molecule has 0 radical (unpaired) electrons. The number of hydrogen-bond acceptors (Lipinski definition) is 6.